The van der Waals surface area contributed by atoms with Gasteiger partial charge < -0.3 is 0 Å². The van der Waals surface area contributed by atoms with Gasteiger partial charge in [-0.15, -0.1) is 11.3 Å². The largest absolute Gasteiger partial charge is 0.297 e. The minimum absolute atomic E-state index is 0.827. The van der Waals surface area contributed by atoms with Crippen molar-refractivity contribution in [2.24, 2.45) is 0 Å². The molecule has 0 spiro atoms. The third-order valence-corrected chi connectivity index (χ3v) is 3.73. The van der Waals surface area contributed by atoms with Crippen LogP contribution in [0.5, 0.6) is 0 Å². The van der Waals surface area contributed by atoms with Gasteiger partial charge in [0.15, 0.2) is 6.29 Å². The molecule has 66 valence electrons. The normalized spacial score (nSPS) is 10.6. The molecule has 0 amide bonds. The summed E-state index contributed by atoms with van der Waals surface area (Å²) < 4.78 is 2.22. The van der Waals surface area contributed by atoms with E-state index in [-0.39, 0.29) is 0 Å². The van der Waals surface area contributed by atoms with E-state index in [2.05, 4.69) is 15.9 Å². The number of thiophene rings is 1. The zero-order valence-electron chi connectivity index (χ0n) is 7.00. The number of benzene rings is 1. The van der Waals surface area contributed by atoms with Crippen molar-refractivity contribution in [3.05, 3.63) is 33.1 Å². The quantitative estimate of drug-likeness (QED) is 0.708. The van der Waals surface area contributed by atoms with Gasteiger partial charge in [-0.05, 0) is 36.1 Å². The molecule has 2 aromatic rings. The van der Waals surface area contributed by atoms with E-state index < -0.39 is 0 Å². The lowest BCUT2D eigenvalue weighted by Crippen LogP contribution is -1.75. The molecule has 0 aliphatic rings. The summed E-state index contributed by atoms with van der Waals surface area (Å²) in [6.07, 6.45) is 0.925. The van der Waals surface area contributed by atoms with Crippen LogP contribution in [-0.2, 0) is 0 Å². The highest BCUT2D eigenvalue weighted by Gasteiger charge is 2.06. The third kappa shape index (κ3) is 1.42. The van der Waals surface area contributed by atoms with Crippen LogP contribution in [0.1, 0.15) is 15.2 Å². The molecule has 0 N–H and O–H groups in total. The van der Waals surface area contributed by atoms with E-state index in [1.54, 1.807) is 11.3 Å². The van der Waals surface area contributed by atoms with Crippen molar-refractivity contribution in [1.82, 2.24) is 0 Å². The number of aldehydes is 1. The highest BCUT2D eigenvalue weighted by Crippen LogP contribution is 2.31. The molecule has 0 bridgehead atoms. The molecule has 0 radical (unpaired) electrons. The maximum atomic E-state index is 10.7. The first-order valence-electron chi connectivity index (χ1n) is 3.86. The number of hydrogen-bond acceptors (Lipinski definition) is 2. The van der Waals surface area contributed by atoms with Crippen LogP contribution in [0, 0.1) is 6.92 Å². The minimum Gasteiger partial charge on any atom is -0.297 e. The van der Waals surface area contributed by atoms with E-state index in [1.165, 1.54) is 10.1 Å². The van der Waals surface area contributed by atoms with Crippen LogP contribution in [-0.4, -0.2) is 6.29 Å². The molecule has 0 aliphatic carbocycles. The summed E-state index contributed by atoms with van der Waals surface area (Å²) in [5.74, 6) is 0. The third-order valence-electron chi connectivity index (χ3n) is 2.04. The second-order valence-electron chi connectivity index (χ2n) is 2.85. The van der Waals surface area contributed by atoms with Gasteiger partial charge in [0.25, 0.3) is 0 Å². The fourth-order valence-electron chi connectivity index (χ4n) is 1.32. The van der Waals surface area contributed by atoms with E-state index in [1.807, 2.05) is 25.1 Å². The molecule has 0 saturated carbocycles. The number of halogens is 1. The Kier molecular flexibility index (Phi) is 2.22. The molecule has 3 heteroatoms. The van der Waals surface area contributed by atoms with Gasteiger partial charge in [0.2, 0.25) is 0 Å². The van der Waals surface area contributed by atoms with Gasteiger partial charge in [0, 0.05) is 9.17 Å². The first kappa shape index (κ1) is 8.91. The maximum Gasteiger partial charge on any atom is 0.160 e. The highest BCUT2D eigenvalue weighted by atomic mass is 79.9. The predicted molar refractivity (Wildman–Crippen MR) is 59.6 cm³/mol. The van der Waals surface area contributed by atoms with Gasteiger partial charge >= 0.3 is 0 Å². The molecule has 0 aliphatic heterocycles. The van der Waals surface area contributed by atoms with Crippen molar-refractivity contribution in [3.63, 3.8) is 0 Å². The summed E-state index contributed by atoms with van der Waals surface area (Å²) in [5, 5.41) is 1.17. The fourth-order valence-corrected chi connectivity index (χ4v) is 2.69. The van der Waals surface area contributed by atoms with Crippen LogP contribution in [0.15, 0.2) is 22.7 Å². The topological polar surface area (TPSA) is 17.1 Å². The molecular weight excluding hydrogens is 248 g/mol. The smallest absolute Gasteiger partial charge is 0.160 e. The van der Waals surface area contributed by atoms with E-state index in [0.717, 1.165) is 21.2 Å². The molecule has 0 atom stereocenters. The van der Waals surface area contributed by atoms with Crippen LogP contribution in [0.25, 0.3) is 10.1 Å². The first-order chi connectivity index (χ1) is 6.22. The van der Waals surface area contributed by atoms with Gasteiger partial charge in [0.05, 0.1) is 4.88 Å². The Labute approximate surface area is 88.5 Å². The Morgan fingerprint density at radius 2 is 2.23 bits per heavy atom. The molecule has 1 aromatic carbocycles. The average molecular weight is 255 g/mol. The molecule has 13 heavy (non-hydrogen) atoms. The molecule has 1 nitrogen and oxygen atoms in total. The van der Waals surface area contributed by atoms with Crippen LogP contribution >= 0.6 is 27.3 Å². The lowest BCUT2D eigenvalue weighted by atomic mass is 10.1. The summed E-state index contributed by atoms with van der Waals surface area (Å²) in [4.78, 5) is 11.5. The summed E-state index contributed by atoms with van der Waals surface area (Å²) >= 11 is 4.96. The number of aryl methyl sites for hydroxylation is 1. The van der Waals surface area contributed by atoms with E-state index >= 15 is 0 Å². The number of hydrogen-bond donors (Lipinski definition) is 0. The Balaban J connectivity index is 2.84. The lowest BCUT2D eigenvalue weighted by Gasteiger charge is -1.92. The zero-order valence-corrected chi connectivity index (χ0v) is 9.41. The Morgan fingerprint density at radius 1 is 1.46 bits per heavy atom. The molecule has 0 fully saturated rings. The van der Waals surface area contributed by atoms with E-state index in [0.29, 0.717) is 0 Å². The van der Waals surface area contributed by atoms with Crippen molar-refractivity contribution in [1.29, 1.82) is 0 Å². The fraction of sp³-hybridized carbons (Fsp3) is 0.100. The highest BCUT2D eigenvalue weighted by molar-refractivity contribution is 9.10. The van der Waals surface area contributed by atoms with Crippen LogP contribution < -0.4 is 0 Å². The van der Waals surface area contributed by atoms with Gasteiger partial charge in [-0.25, -0.2) is 0 Å². The van der Waals surface area contributed by atoms with Crippen molar-refractivity contribution in [2.75, 3.05) is 0 Å². The molecule has 0 unspecified atom stereocenters. The predicted octanol–water partition coefficient (Wildman–Crippen LogP) is 3.78. The first-order valence-corrected chi connectivity index (χ1v) is 5.47. The summed E-state index contributed by atoms with van der Waals surface area (Å²) in [7, 11) is 0. The molecule has 0 saturated heterocycles. The van der Waals surface area contributed by atoms with Gasteiger partial charge in [-0.1, -0.05) is 15.9 Å². The molecule has 2 rings (SSSR count). The summed E-state index contributed by atoms with van der Waals surface area (Å²) in [6, 6.07) is 6.07. The standard InChI is InChI=1S/C10H7BrOS/c1-6-8-4-7(11)2-3-9(8)13-10(6)5-12/h2-5H,1H3. The Morgan fingerprint density at radius 3 is 2.92 bits per heavy atom. The number of carbonyl (C=O) groups excluding carboxylic acids is 1. The van der Waals surface area contributed by atoms with Crippen molar-refractivity contribution in [2.45, 2.75) is 6.92 Å². The second-order valence-corrected chi connectivity index (χ2v) is 4.85. The number of fused-ring (bicyclic) bond motifs is 1. The molecule has 1 aromatic heterocycles. The lowest BCUT2D eigenvalue weighted by molar-refractivity contribution is 0.112. The van der Waals surface area contributed by atoms with Gasteiger partial charge in [0.1, 0.15) is 0 Å². The van der Waals surface area contributed by atoms with Crippen molar-refractivity contribution >= 4 is 43.6 Å². The Hall–Kier alpha value is -0.670. The average Bonchev–Trinajstić information content (AvgIpc) is 2.44. The van der Waals surface area contributed by atoms with Gasteiger partial charge in [-0.3, -0.25) is 4.79 Å². The zero-order chi connectivity index (χ0) is 9.42. The van der Waals surface area contributed by atoms with Crippen LogP contribution in [0.4, 0.5) is 0 Å². The van der Waals surface area contributed by atoms with E-state index in [9.17, 15) is 4.79 Å². The monoisotopic (exact) mass is 254 g/mol. The molecular formula is C10H7BrOS. The Bertz CT molecular complexity index is 473. The second kappa shape index (κ2) is 3.24. The SMILES string of the molecule is Cc1c(C=O)sc2ccc(Br)cc12. The van der Waals surface area contributed by atoms with Crippen molar-refractivity contribution < 1.29 is 4.79 Å². The summed E-state index contributed by atoms with van der Waals surface area (Å²) in [5.41, 5.74) is 1.08. The maximum absolute atomic E-state index is 10.7. The number of carbonyl (C=O) groups is 1. The molecule has 1 heterocycles. The van der Waals surface area contributed by atoms with Crippen LogP contribution in [0.3, 0.4) is 0 Å². The minimum atomic E-state index is 0.827. The summed E-state index contributed by atoms with van der Waals surface area (Å²) in [6.45, 7) is 1.98. The van der Waals surface area contributed by atoms with E-state index in [4.69, 9.17) is 0 Å². The van der Waals surface area contributed by atoms with Crippen molar-refractivity contribution in [3.8, 4) is 0 Å². The number of rotatable bonds is 1. The van der Waals surface area contributed by atoms with Gasteiger partial charge in [-0.2, -0.15) is 0 Å². The van der Waals surface area contributed by atoms with Crippen LogP contribution in [0.2, 0.25) is 0 Å².